The molecule has 0 bridgehead atoms. The van der Waals surface area contributed by atoms with Gasteiger partial charge in [-0.2, -0.15) is 15.5 Å². The Balaban J connectivity index is 1.40. The normalized spacial score (nSPS) is 17.2. The third kappa shape index (κ3) is 4.29. The molecule has 1 aliphatic rings. The van der Waals surface area contributed by atoms with E-state index in [2.05, 4.69) is 31.7 Å². The molecule has 1 aromatic carbocycles. The molecule has 1 aliphatic heterocycles. The number of pyridine rings is 1. The van der Waals surface area contributed by atoms with Crippen molar-refractivity contribution in [3.05, 3.63) is 77.5 Å². The Morgan fingerprint density at radius 1 is 1.11 bits per heavy atom. The van der Waals surface area contributed by atoms with Crippen LogP contribution in [0.15, 0.2) is 54.9 Å². The smallest absolute Gasteiger partial charge is 0.163 e. The fourth-order valence-corrected chi connectivity index (χ4v) is 4.46. The van der Waals surface area contributed by atoms with Crippen molar-refractivity contribution in [2.45, 2.75) is 32.5 Å². The molecule has 5 heterocycles. The van der Waals surface area contributed by atoms with Gasteiger partial charge in [-0.15, -0.1) is 5.10 Å². The second-order valence-electron chi connectivity index (χ2n) is 8.99. The lowest BCUT2D eigenvalue weighted by molar-refractivity contribution is 0.0886. The first-order chi connectivity index (χ1) is 18.0. The van der Waals surface area contributed by atoms with Crippen molar-refractivity contribution >= 4 is 22.5 Å². The number of rotatable bonds is 5. The number of benzene rings is 1. The minimum Gasteiger partial charge on any atom is -0.391 e. The first kappa shape index (κ1) is 22.8. The SMILES string of the molecule is Cc1ccc(Nc2ccc3c(c2)ncn3-c2ccc([C@H]3C[C@@H](O)CO3)c(-n3nc(C#N)cc3C)n2)nn1. The van der Waals surface area contributed by atoms with Crippen LogP contribution in [-0.4, -0.2) is 52.3 Å². The van der Waals surface area contributed by atoms with Crippen molar-refractivity contribution in [1.82, 2.24) is 34.5 Å². The van der Waals surface area contributed by atoms with Gasteiger partial charge in [0.2, 0.25) is 0 Å². The maximum absolute atomic E-state index is 10.0. The minimum atomic E-state index is -0.530. The van der Waals surface area contributed by atoms with Crippen LogP contribution in [0.4, 0.5) is 11.5 Å². The molecule has 6 rings (SSSR count). The standard InChI is InChI=1S/C26H23N9O2/c1-15-3-7-24(32-31-15)29-17-4-6-22-21(10-17)28-14-34(22)25-8-5-20(23-11-19(36)13-37-23)26(30-25)35-16(2)9-18(12-27)33-35/h3-10,14,19,23,36H,11,13H2,1-2H3,(H,29,32)/t19-,23-/m1/s1. The number of aliphatic hydroxyl groups excluding tert-OH is 1. The summed E-state index contributed by atoms with van der Waals surface area (Å²) in [7, 11) is 0. The number of nitrogens with one attached hydrogen (secondary N) is 1. The molecule has 5 aromatic rings. The lowest BCUT2D eigenvalue weighted by Crippen LogP contribution is -2.12. The van der Waals surface area contributed by atoms with Crippen molar-refractivity contribution < 1.29 is 9.84 Å². The zero-order valence-electron chi connectivity index (χ0n) is 20.2. The van der Waals surface area contributed by atoms with Gasteiger partial charge in [-0.3, -0.25) is 4.57 Å². The molecule has 0 spiro atoms. The molecule has 11 heteroatoms. The number of imidazole rings is 1. The molecule has 2 N–H and O–H groups in total. The van der Waals surface area contributed by atoms with Gasteiger partial charge < -0.3 is 15.2 Å². The van der Waals surface area contributed by atoms with Crippen molar-refractivity contribution in [2.24, 2.45) is 0 Å². The van der Waals surface area contributed by atoms with Gasteiger partial charge in [0.15, 0.2) is 17.3 Å². The summed E-state index contributed by atoms with van der Waals surface area (Å²) in [6.07, 6.45) is 1.34. The molecule has 37 heavy (non-hydrogen) atoms. The van der Waals surface area contributed by atoms with E-state index < -0.39 is 6.10 Å². The van der Waals surface area contributed by atoms with Crippen LogP contribution in [-0.2, 0) is 4.74 Å². The highest BCUT2D eigenvalue weighted by Crippen LogP contribution is 2.33. The van der Waals surface area contributed by atoms with Gasteiger partial charge in [0.1, 0.15) is 18.2 Å². The van der Waals surface area contributed by atoms with Gasteiger partial charge in [-0.1, -0.05) is 0 Å². The van der Waals surface area contributed by atoms with Crippen LogP contribution in [0.2, 0.25) is 0 Å². The first-order valence-corrected chi connectivity index (χ1v) is 11.8. The first-order valence-electron chi connectivity index (χ1n) is 11.8. The average Bonchev–Trinajstić information content (AvgIpc) is 3.63. The Morgan fingerprint density at radius 2 is 2.00 bits per heavy atom. The zero-order chi connectivity index (χ0) is 25.5. The number of hydrogen-bond donors (Lipinski definition) is 2. The highest BCUT2D eigenvalue weighted by molar-refractivity contribution is 5.82. The molecule has 184 valence electrons. The number of aromatic nitrogens is 7. The summed E-state index contributed by atoms with van der Waals surface area (Å²) in [5.74, 6) is 1.84. The topological polar surface area (TPSA) is 140 Å². The fourth-order valence-electron chi connectivity index (χ4n) is 4.46. The lowest BCUT2D eigenvalue weighted by atomic mass is 10.1. The van der Waals surface area contributed by atoms with Crippen LogP contribution < -0.4 is 5.32 Å². The van der Waals surface area contributed by atoms with Crippen molar-refractivity contribution in [3.63, 3.8) is 0 Å². The van der Waals surface area contributed by atoms with Crippen molar-refractivity contribution in [2.75, 3.05) is 11.9 Å². The maximum Gasteiger partial charge on any atom is 0.163 e. The second kappa shape index (κ2) is 9.09. The molecule has 0 saturated carbocycles. The number of ether oxygens (including phenoxy) is 1. The molecular weight excluding hydrogens is 470 g/mol. The van der Waals surface area contributed by atoms with Crippen LogP contribution in [0, 0.1) is 25.2 Å². The van der Waals surface area contributed by atoms with Crippen LogP contribution in [0.25, 0.3) is 22.7 Å². The summed E-state index contributed by atoms with van der Waals surface area (Å²) in [5.41, 5.74) is 5.21. The molecule has 4 aromatic heterocycles. The minimum absolute atomic E-state index is 0.268. The Kier molecular flexibility index (Phi) is 5.60. The van der Waals surface area contributed by atoms with E-state index in [1.807, 2.05) is 60.9 Å². The lowest BCUT2D eigenvalue weighted by Gasteiger charge is -2.17. The van der Waals surface area contributed by atoms with Gasteiger partial charge in [0.05, 0.1) is 35.5 Å². The van der Waals surface area contributed by atoms with E-state index in [1.165, 1.54) is 0 Å². The monoisotopic (exact) mass is 493 g/mol. The Bertz CT molecular complexity index is 1650. The summed E-state index contributed by atoms with van der Waals surface area (Å²) < 4.78 is 9.37. The maximum atomic E-state index is 10.0. The van der Waals surface area contributed by atoms with Crippen LogP contribution >= 0.6 is 0 Å². The number of hydrogen-bond acceptors (Lipinski definition) is 9. The predicted octanol–water partition coefficient (Wildman–Crippen LogP) is 3.45. The molecule has 0 aliphatic carbocycles. The number of aryl methyl sites for hydroxylation is 2. The Morgan fingerprint density at radius 3 is 2.73 bits per heavy atom. The highest BCUT2D eigenvalue weighted by Gasteiger charge is 2.29. The summed E-state index contributed by atoms with van der Waals surface area (Å²) in [6, 6.07) is 17.2. The number of fused-ring (bicyclic) bond motifs is 1. The van der Waals surface area contributed by atoms with Gasteiger partial charge in [-0.05, 0) is 62.4 Å². The van der Waals surface area contributed by atoms with Gasteiger partial charge in [-0.25, -0.2) is 14.6 Å². The molecule has 0 amide bonds. The largest absolute Gasteiger partial charge is 0.391 e. The van der Waals surface area contributed by atoms with Crippen molar-refractivity contribution in [1.29, 1.82) is 5.26 Å². The van der Waals surface area contributed by atoms with E-state index in [0.717, 1.165) is 33.7 Å². The third-order valence-electron chi connectivity index (χ3n) is 6.28. The molecular formula is C26H23N9O2. The van der Waals surface area contributed by atoms with Gasteiger partial charge in [0.25, 0.3) is 0 Å². The molecule has 1 saturated heterocycles. The van der Waals surface area contributed by atoms with Gasteiger partial charge in [0, 0.05) is 23.4 Å². The van der Waals surface area contributed by atoms with Crippen molar-refractivity contribution in [3.8, 4) is 17.7 Å². The quantitative estimate of drug-likeness (QED) is 0.377. The molecule has 2 atom stereocenters. The van der Waals surface area contributed by atoms with Crippen LogP contribution in [0.5, 0.6) is 0 Å². The molecule has 0 radical (unpaired) electrons. The van der Waals surface area contributed by atoms with E-state index in [9.17, 15) is 10.4 Å². The highest BCUT2D eigenvalue weighted by atomic mass is 16.5. The Hall–Kier alpha value is -4.66. The molecule has 11 nitrogen and oxygen atoms in total. The zero-order valence-corrected chi connectivity index (χ0v) is 20.2. The fraction of sp³-hybridized carbons (Fsp3) is 0.231. The average molecular weight is 494 g/mol. The van der Waals surface area contributed by atoms with Crippen LogP contribution in [0.1, 0.15) is 35.2 Å². The number of nitriles is 1. The van der Waals surface area contributed by atoms with E-state index in [-0.39, 0.29) is 12.7 Å². The number of nitrogens with zero attached hydrogens (tertiary/aromatic N) is 8. The molecule has 1 fully saturated rings. The van der Waals surface area contributed by atoms with E-state index in [1.54, 1.807) is 17.1 Å². The summed E-state index contributed by atoms with van der Waals surface area (Å²) in [5, 5.41) is 35.3. The number of aliphatic hydroxyl groups is 1. The van der Waals surface area contributed by atoms with E-state index in [4.69, 9.17) is 9.72 Å². The third-order valence-corrected chi connectivity index (χ3v) is 6.28. The van der Waals surface area contributed by atoms with Crippen LogP contribution in [0.3, 0.4) is 0 Å². The molecule has 0 unspecified atom stereocenters. The van der Waals surface area contributed by atoms with E-state index >= 15 is 0 Å². The predicted molar refractivity (Wildman–Crippen MR) is 135 cm³/mol. The summed E-state index contributed by atoms with van der Waals surface area (Å²) in [6.45, 7) is 4.03. The Labute approximate surface area is 212 Å². The van der Waals surface area contributed by atoms with Gasteiger partial charge >= 0.3 is 0 Å². The number of anilines is 2. The van der Waals surface area contributed by atoms with E-state index in [0.29, 0.717) is 29.6 Å². The summed E-state index contributed by atoms with van der Waals surface area (Å²) >= 11 is 0. The second-order valence-corrected chi connectivity index (χ2v) is 8.99. The summed E-state index contributed by atoms with van der Waals surface area (Å²) in [4.78, 5) is 9.51.